The molecule has 1 aromatic heterocycles. The average molecular weight is 296 g/mol. The summed E-state index contributed by atoms with van der Waals surface area (Å²) in [5.74, 6) is -1.34. The molecule has 1 aromatic carbocycles. The first-order chi connectivity index (χ1) is 11.2. The van der Waals surface area contributed by atoms with Crippen LogP contribution in [0.4, 0.5) is 0 Å². The summed E-state index contributed by atoms with van der Waals surface area (Å²) in [6.07, 6.45) is 5.06. The van der Waals surface area contributed by atoms with Crippen LogP contribution in [0.3, 0.4) is 0 Å². The van der Waals surface area contributed by atoms with E-state index in [2.05, 4.69) is 0 Å². The Labute approximate surface area is 131 Å². The fraction of sp³-hybridized carbons (Fsp3) is 0.222. The summed E-state index contributed by atoms with van der Waals surface area (Å²) >= 11 is 0. The van der Waals surface area contributed by atoms with Crippen molar-refractivity contribution in [3.8, 4) is 24.3 Å². The van der Waals surface area contributed by atoms with Gasteiger partial charge in [0, 0.05) is 22.8 Å². The molecule has 2 aromatic rings. The number of hydrogen-bond acceptors (Lipinski definition) is 5. The molecule has 2 bridgehead atoms. The molecule has 0 amide bonds. The van der Waals surface area contributed by atoms with Crippen LogP contribution in [0.2, 0.25) is 0 Å². The first kappa shape index (κ1) is 13.1. The van der Waals surface area contributed by atoms with Crippen LogP contribution in [0.25, 0.3) is 11.0 Å². The van der Waals surface area contributed by atoms with E-state index in [1.165, 1.54) is 6.26 Å². The lowest BCUT2D eigenvalue weighted by atomic mass is 9.51. The standard InChI is InChI=1S/C18H8N4O/c19-7-17(8-20)13-4-5-14(18(17,9-21)10-22)12-6-23-15-3-1-2-11(13)16(12)15/h1-6,13-14H/t13-,14-/m1/s1. The zero-order valence-electron chi connectivity index (χ0n) is 11.8. The fourth-order valence-electron chi connectivity index (χ4n) is 3.99. The van der Waals surface area contributed by atoms with Crippen LogP contribution in [-0.2, 0) is 0 Å². The summed E-state index contributed by atoms with van der Waals surface area (Å²) in [5, 5.41) is 40.1. The fourth-order valence-corrected chi connectivity index (χ4v) is 3.99. The molecule has 3 aliphatic rings. The van der Waals surface area contributed by atoms with Crippen molar-refractivity contribution in [1.82, 2.24) is 0 Å². The van der Waals surface area contributed by atoms with Crippen LogP contribution in [0, 0.1) is 56.2 Å². The molecular weight excluding hydrogens is 288 g/mol. The van der Waals surface area contributed by atoms with E-state index in [1.807, 2.05) is 30.3 Å². The summed E-state index contributed by atoms with van der Waals surface area (Å²) in [5.41, 5.74) is -1.49. The normalized spacial score (nSPS) is 24.9. The lowest BCUT2D eigenvalue weighted by Crippen LogP contribution is -2.47. The van der Waals surface area contributed by atoms with E-state index in [0.717, 1.165) is 10.9 Å². The lowest BCUT2D eigenvalue weighted by Gasteiger charge is -2.41. The Morgan fingerprint density at radius 2 is 1.39 bits per heavy atom. The van der Waals surface area contributed by atoms with Crippen molar-refractivity contribution in [2.24, 2.45) is 10.8 Å². The minimum atomic E-state index is -1.79. The maximum absolute atomic E-state index is 9.83. The zero-order chi connectivity index (χ0) is 16.2. The first-order valence-electron chi connectivity index (χ1n) is 7.02. The average Bonchev–Trinajstić information content (AvgIpc) is 2.93. The maximum atomic E-state index is 9.83. The van der Waals surface area contributed by atoms with E-state index in [4.69, 9.17) is 4.42 Å². The van der Waals surface area contributed by atoms with Crippen LogP contribution in [-0.4, -0.2) is 0 Å². The minimum Gasteiger partial charge on any atom is -0.464 e. The van der Waals surface area contributed by atoms with Crippen LogP contribution in [0.15, 0.2) is 41.0 Å². The largest absolute Gasteiger partial charge is 0.464 e. The number of allylic oxidation sites excluding steroid dienone is 2. The lowest BCUT2D eigenvalue weighted by molar-refractivity contribution is 0.236. The van der Waals surface area contributed by atoms with Crippen molar-refractivity contribution >= 4 is 11.0 Å². The molecule has 1 heterocycles. The maximum Gasteiger partial charge on any atom is 0.186 e. The number of hydrogen-bond donors (Lipinski definition) is 0. The summed E-state index contributed by atoms with van der Waals surface area (Å²) in [7, 11) is 0. The van der Waals surface area contributed by atoms with Gasteiger partial charge < -0.3 is 4.42 Å². The molecule has 5 heteroatoms. The number of nitrogens with zero attached hydrogens (tertiary/aromatic N) is 4. The monoisotopic (exact) mass is 296 g/mol. The molecule has 0 radical (unpaired) electrons. The number of benzene rings is 1. The van der Waals surface area contributed by atoms with Crippen molar-refractivity contribution in [2.45, 2.75) is 11.8 Å². The van der Waals surface area contributed by atoms with Gasteiger partial charge in [-0.1, -0.05) is 24.3 Å². The highest BCUT2D eigenvalue weighted by molar-refractivity contribution is 5.88. The van der Waals surface area contributed by atoms with Gasteiger partial charge in [0.1, 0.15) is 5.58 Å². The molecule has 0 N–H and O–H groups in total. The molecule has 2 atom stereocenters. The van der Waals surface area contributed by atoms with Gasteiger partial charge in [-0.05, 0) is 11.6 Å². The second-order valence-corrected chi connectivity index (χ2v) is 5.81. The van der Waals surface area contributed by atoms with Crippen molar-refractivity contribution in [1.29, 1.82) is 21.0 Å². The SMILES string of the molecule is N#CC1(C#N)[C@@H]2C=C[C@H](c3coc4cccc2c34)C1(C#N)C#N. The molecule has 3 aliphatic carbocycles. The van der Waals surface area contributed by atoms with Crippen LogP contribution in [0.5, 0.6) is 0 Å². The minimum absolute atomic E-state index is 0.632. The molecule has 106 valence electrons. The van der Waals surface area contributed by atoms with Crippen molar-refractivity contribution in [3.05, 3.63) is 47.7 Å². The molecule has 0 unspecified atom stereocenters. The molecule has 0 aliphatic heterocycles. The summed E-state index contributed by atoms with van der Waals surface area (Å²) in [4.78, 5) is 0. The van der Waals surface area contributed by atoms with Gasteiger partial charge in [0.15, 0.2) is 10.8 Å². The Morgan fingerprint density at radius 1 is 0.826 bits per heavy atom. The van der Waals surface area contributed by atoms with Gasteiger partial charge in [-0.3, -0.25) is 0 Å². The molecule has 23 heavy (non-hydrogen) atoms. The smallest absolute Gasteiger partial charge is 0.186 e. The second kappa shape index (κ2) is 4.01. The summed E-state index contributed by atoms with van der Waals surface area (Å²) in [6.45, 7) is 0. The second-order valence-electron chi connectivity index (χ2n) is 5.81. The van der Waals surface area contributed by atoms with Gasteiger partial charge in [0.25, 0.3) is 0 Å². The molecule has 0 spiro atoms. The van der Waals surface area contributed by atoms with E-state index in [9.17, 15) is 21.0 Å². The molecule has 0 saturated heterocycles. The Morgan fingerprint density at radius 3 is 1.96 bits per heavy atom. The highest BCUT2D eigenvalue weighted by atomic mass is 16.3. The number of furan rings is 1. The van der Waals surface area contributed by atoms with Gasteiger partial charge in [0.2, 0.25) is 0 Å². The predicted molar refractivity (Wildman–Crippen MR) is 78.2 cm³/mol. The Balaban J connectivity index is 2.25. The Kier molecular flexibility index (Phi) is 2.29. The molecular formula is C18H8N4O. The van der Waals surface area contributed by atoms with Crippen molar-refractivity contribution in [2.75, 3.05) is 0 Å². The van der Waals surface area contributed by atoms with Gasteiger partial charge in [-0.25, -0.2) is 0 Å². The van der Waals surface area contributed by atoms with E-state index in [-0.39, 0.29) is 0 Å². The van der Waals surface area contributed by atoms with E-state index in [1.54, 1.807) is 24.3 Å². The van der Waals surface area contributed by atoms with Gasteiger partial charge in [-0.2, -0.15) is 21.0 Å². The van der Waals surface area contributed by atoms with Crippen molar-refractivity contribution in [3.63, 3.8) is 0 Å². The van der Waals surface area contributed by atoms with Gasteiger partial charge in [0.05, 0.1) is 30.5 Å². The van der Waals surface area contributed by atoms with E-state index >= 15 is 0 Å². The third kappa shape index (κ3) is 1.17. The Bertz CT molecular complexity index is 1020. The van der Waals surface area contributed by atoms with E-state index < -0.39 is 22.7 Å². The van der Waals surface area contributed by atoms with Crippen LogP contribution in [0.1, 0.15) is 23.0 Å². The number of fused-ring (bicyclic) bond motifs is 1. The van der Waals surface area contributed by atoms with E-state index in [0.29, 0.717) is 11.1 Å². The highest BCUT2D eigenvalue weighted by Gasteiger charge is 2.66. The predicted octanol–water partition coefficient (Wildman–Crippen LogP) is 3.25. The molecule has 0 saturated carbocycles. The summed E-state index contributed by atoms with van der Waals surface area (Å²) < 4.78 is 5.57. The Hall–Kier alpha value is -3.54. The van der Waals surface area contributed by atoms with Gasteiger partial charge in [-0.15, -0.1) is 0 Å². The quantitative estimate of drug-likeness (QED) is 0.693. The highest BCUT2D eigenvalue weighted by Crippen LogP contribution is 2.63. The molecule has 0 fully saturated rings. The van der Waals surface area contributed by atoms with Crippen LogP contribution >= 0.6 is 0 Å². The molecule has 5 rings (SSSR count). The third-order valence-corrected chi connectivity index (χ3v) is 5.09. The zero-order valence-corrected chi connectivity index (χ0v) is 11.8. The number of rotatable bonds is 0. The van der Waals surface area contributed by atoms with Crippen molar-refractivity contribution < 1.29 is 4.42 Å². The first-order valence-corrected chi connectivity index (χ1v) is 7.02. The molecule has 5 nitrogen and oxygen atoms in total. The number of nitriles is 4. The third-order valence-electron chi connectivity index (χ3n) is 5.09. The topological polar surface area (TPSA) is 108 Å². The summed E-state index contributed by atoms with van der Waals surface area (Å²) in [6, 6.07) is 13.4. The van der Waals surface area contributed by atoms with Crippen LogP contribution < -0.4 is 0 Å². The van der Waals surface area contributed by atoms with Gasteiger partial charge >= 0.3 is 0 Å².